The molecule has 100 valence electrons. The smallest absolute Gasteiger partial charge is 0.160 e. The third kappa shape index (κ3) is 3.57. The van der Waals surface area contributed by atoms with Crippen molar-refractivity contribution >= 4 is 5.78 Å². The summed E-state index contributed by atoms with van der Waals surface area (Å²) in [4.78, 5) is 11.6. The van der Waals surface area contributed by atoms with Gasteiger partial charge in [-0.2, -0.15) is 0 Å². The van der Waals surface area contributed by atoms with Crippen LogP contribution in [0.2, 0.25) is 0 Å². The van der Waals surface area contributed by atoms with Crippen molar-refractivity contribution in [2.45, 2.75) is 33.6 Å². The molecular weight excluding hydrogens is 226 g/mol. The molecule has 0 amide bonds. The molecule has 18 heavy (non-hydrogen) atoms. The molecule has 0 radical (unpaired) electrons. The summed E-state index contributed by atoms with van der Waals surface area (Å²) in [7, 11) is 1.90. The molecule has 0 aromatic heterocycles. The van der Waals surface area contributed by atoms with E-state index in [0.717, 1.165) is 29.0 Å². The summed E-state index contributed by atoms with van der Waals surface area (Å²) in [5.74, 6) is 1.34. The third-order valence-corrected chi connectivity index (χ3v) is 2.97. The average Bonchev–Trinajstić information content (AvgIpc) is 2.28. The average molecular weight is 249 g/mol. The van der Waals surface area contributed by atoms with Crippen molar-refractivity contribution in [1.29, 1.82) is 0 Å². The van der Waals surface area contributed by atoms with Crippen LogP contribution in [0.25, 0.3) is 0 Å². The molecule has 0 fully saturated rings. The van der Waals surface area contributed by atoms with Crippen LogP contribution in [0.4, 0.5) is 0 Å². The van der Waals surface area contributed by atoms with Crippen LogP contribution in [0.1, 0.15) is 48.2 Å². The molecule has 0 saturated carbocycles. The van der Waals surface area contributed by atoms with Gasteiger partial charge in [0.2, 0.25) is 0 Å². The Hall–Kier alpha value is -1.35. The minimum atomic E-state index is 0.108. The highest BCUT2D eigenvalue weighted by Gasteiger charge is 2.13. The topological polar surface area (TPSA) is 38.3 Å². The van der Waals surface area contributed by atoms with Gasteiger partial charge in [0.25, 0.3) is 0 Å². The lowest BCUT2D eigenvalue weighted by molar-refractivity contribution is 0.101. The Morgan fingerprint density at radius 2 is 2.06 bits per heavy atom. The van der Waals surface area contributed by atoms with Crippen LogP contribution in [0.15, 0.2) is 12.1 Å². The maximum atomic E-state index is 11.6. The number of benzene rings is 1. The lowest BCUT2D eigenvalue weighted by Gasteiger charge is -2.17. The molecule has 0 unspecified atom stereocenters. The first-order valence-corrected chi connectivity index (χ1v) is 6.40. The zero-order valence-electron chi connectivity index (χ0n) is 12.0. The summed E-state index contributed by atoms with van der Waals surface area (Å²) in [6.07, 6.45) is 0. The molecule has 0 aliphatic carbocycles. The fourth-order valence-electron chi connectivity index (χ4n) is 1.92. The zero-order chi connectivity index (χ0) is 13.7. The second-order valence-electron chi connectivity index (χ2n) is 4.87. The number of hydrogen-bond donors (Lipinski definition) is 1. The summed E-state index contributed by atoms with van der Waals surface area (Å²) in [6.45, 7) is 9.22. The Morgan fingerprint density at radius 1 is 1.39 bits per heavy atom. The molecule has 1 N–H and O–H groups in total. The molecule has 0 aliphatic rings. The highest BCUT2D eigenvalue weighted by molar-refractivity contribution is 5.96. The van der Waals surface area contributed by atoms with Gasteiger partial charge in [0, 0.05) is 12.1 Å². The van der Waals surface area contributed by atoms with E-state index in [9.17, 15) is 4.79 Å². The molecule has 0 heterocycles. The van der Waals surface area contributed by atoms with Gasteiger partial charge in [0.1, 0.15) is 12.4 Å². The SMILES string of the molecule is CNCCOc1cc(C)c(C(C)=O)cc1C(C)C. The van der Waals surface area contributed by atoms with E-state index in [1.54, 1.807) is 6.92 Å². The molecular formula is C15H23NO2. The third-order valence-electron chi connectivity index (χ3n) is 2.97. The summed E-state index contributed by atoms with van der Waals surface area (Å²) >= 11 is 0. The van der Waals surface area contributed by atoms with E-state index in [2.05, 4.69) is 19.2 Å². The molecule has 1 aromatic carbocycles. The second-order valence-corrected chi connectivity index (χ2v) is 4.87. The maximum Gasteiger partial charge on any atom is 0.160 e. The normalized spacial score (nSPS) is 10.8. The molecule has 0 spiro atoms. The number of ether oxygens (including phenoxy) is 1. The van der Waals surface area contributed by atoms with E-state index in [1.807, 2.05) is 26.1 Å². The maximum absolute atomic E-state index is 11.6. The van der Waals surface area contributed by atoms with Gasteiger partial charge < -0.3 is 10.1 Å². The Morgan fingerprint density at radius 3 is 2.56 bits per heavy atom. The van der Waals surface area contributed by atoms with Crippen molar-refractivity contribution in [2.75, 3.05) is 20.2 Å². The van der Waals surface area contributed by atoms with Crippen molar-refractivity contribution in [1.82, 2.24) is 5.32 Å². The van der Waals surface area contributed by atoms with Gasteiger partial charge in [-0.25, -0.2) is 0 Å². The van der Waals surface area contributed by atoms with Crippen molar-refractivity contribution in [3.8, 4) is 5.75 Å². The van der Waals surface area contributed by atoms with Crippen LogP contribution >= 0.6 is 0 Å². The van der Waals surface area contributed by atoms with Gasteiger partial charge >= 0.3 is 0 Å². The second kappa shape index (κ2) is 6.55. The largest absolute Gasteiger partial charge is 0.492 e. The van der Waals surface area contributed by atoms with Crippen molar-refractivity contribution in [2.24, 2.45) is 0 Å². The van der Waals surface area contributed by atoms with Gasteiger partial charge in [-0.15, -0.1) is 0 Å². The van der Waals surface area contributed by atoms with E-state index in [1.165, 1.54) is 0 Å². The number of Topliss-reactive ketones (excluding diaryl/α,β-unsaturated/α-hetero) is 1. The minimum absolute atomic E-state index is 0.108. The van der Waals surface area contributed by atoms with Crippen LogP contribution in [0.5, 0.6) is 5.75 Å². The van der Waals surface area contributed by atoms with Crippen LogP contribution in [-0.2, 0) is 0 Å². The standard InChI is InChI=1S/C15H23NO2/c1-10(2)13-9-14(12(4)17)11(3)8-15(13)18-7-6-16-5/h8-10,16H,6-7H2,1-5H3. The summed E-state index contributed by atoms with van der Waals surface area (Å²) in [5, 5.41) is 3.05. The molecule has 0 saturated heterocycles. The molecule has 1 rings (SSSR count). The number of carbonyl (C=O) groups is 1. The van der Waals surface area contributed by atoms with Crippen molar-refractivity contribution in [3.05, 3.63) is 28.8 Å². The van der Waals surface area contributed by atoms with Gasteiger partial charge in [0.15, 0.2) is 5.78 Å². The fourth-order valence-corrected chi connectivity index (χ4v) is 1.92. The van der Waals surface area contributed by atoms with Crippen molar-refractivity contribution < 1.29 is 9.53 Å². The quantitative estimate of drug-likeness (QED) is 0.622. The number of likely N-dealkylation sites (N-methyl/N-ethyl adjacent to an activating group) is 1. The van der Waals surface area contributed by atoms with E-state index in [0.29, 0.717) is 12.5 Å². The lowest BCUT2D eigenvalue weighted by Crippen LogP contribution is -2.17. The molecule has 3 heteroatoms. The highest BCUT2D eigenvalue weighted by atomic mass is 16.5. The summed E-state index contributed by atoms with van der Waals surface area (Å²) < 4.78 is 5.78. The van der Waals surface area contributed by atoms with Crippen molar-refractivity contribution in [3.63, 3.8) is 0 Å². The molecule has 0 atom stereocenters. The Labute approximate surface area is 110 Å². The minimum Gasteiger partial charge on any atom is -0.492 e. The molecule has 3 nitrogen and oxygen atoms in total. The number of hydrogen-bond acceptors (Lipinski definition) is 3. The molecule has 1 aromatic rings. The number of aryl methyl sites for hydroxylation is 1. The number of carbonyl (C=O) groups excluding carboxylic acids is 1. The molecule has 0 aliphatic heterocycles. The van der Waals surface area contributed by atoms with Crippen LogP contribution < -0.4 is 10.1 Å². The number of rotatable bonds is 6. The predicted molar refractivity (Wildman–Crippen MR) is 74.7 cm³/mol. The lowest BCUT2D eigenvalue weighted by atomic mass is 9.95. The van der Waals surface area contributed by atoms with Gasteiger partial charge in [-0.05, 0) is 50.1 Å². The zero-order valence-corrected chi connectivity index (χ0v) is 12.0. The monoisotopic (exact) mass is 249 g/mol. The van der Waals surface area contributed by atoms with Gasteiger partial charge in [-0.3, -0.25) is 4.79 Å². The summed E-state index contributed by atoms with van der Waals surface area (Å²) in [5.41, 5.74) is 2.87. The van der Waals surface area contributed by atoms with Crippen LogP contribution in [0.3, 0.4) is 0 Å². The first-order valence-electron chi connectivity index (χ1n) is 6.40. The number of ketones is 1. The van der Waals surface area contributed by atoms with Gasteiger partial charge in [-0.1, -0.05) is 13.8 Å². The van der Waals surface area contributed by atoms with E-state index < -0.39 is 0 Å². The van der Waals surface area contributed by atoms with Gasteiger partial charge in [0.05, 0.1) is 0 Å². The highest BCUT2D eigenvalue weighted by Crippen LogP contribution is 2.30. The predicted octanol–water partition coefficient (Wildman–Crippen LogP) is 2.92. The molecule has 0 bridgehead atoms. The number of nitrogens with one attached hydrogen (secondary N) is 1. The first-order chi connectivity index (χ1) is 8.47. The van der Waals surface area contributed by atoms with Crippen LogP contribution in [-0.4, -0.2) is 26.0 Å². The fraction of sp³-hybridized carbons (Fsp3) is 0.533. The Balaban J connectivity index is 3.08. The van der Waals surface area contributed by atoms with E-state index in [4.69, 9.17) is 4.74 Å². The Bertz CT molecular complexity index is 425. The van der Waals surface area contributed by atoms with Crippen LogP contribution in [0, 0.1) is 6.92 Å². The summed E-state index contributed by atoms with van der Waals surface area (Å²) in [6, 6.07) is 3.94. The Kier molecular flexibility index (Phi) is 5.35. The van der Waals surface area contributed by atoms with E-state index in [-0.39, 0.29) is 5.78 Å². The first kappa shape index (κ1) is 14.7. The van der Waals surface area contributed by atoms with E-state index >= 15 is 0 Å².